The summed E-state index contributed by atoms with van der Waals surface area (Å²) in [5, 5.41) is 1.05. The van der Waals surface area contributed by atoms with Gasteiger partial charge in [0.05, 0.1) is 17.7 Å². The number of fused-ring (bicyclic) bond motifs is 2. The highest BCUT2D eigenvalue weighted by atomic mass is 16.6. The fourth-order valence-corrected chi connectivity index (χ4v) is 4.65. The molecular weight excluding hydrogens is 400 g/mol. The smallest absolute Gasteiger partial charge is 0.414 e. The lowest BCUT2D eigenvalue weighted by Crippen LogP contribution is -2.33. The van der Waals surface area contributed by atoms with Gasteiger partial charge in [-0.25, -0.2) is 14.8 Å². The summed E-state index contributed by atoms with van der Waals surface area (Å²) < 4.78 is 5.16. The van der Waals surface area contributed by atoms with E-state index in [0.717, 1.165) is 53.3 Å². The van der Waals surface area contributed by atoms with Crippen molar-refractivity contribution in [1.82, 2.24) is 9.97 Å². The van der Waals surface area contributed by atoms with Crippen LogP contribution in [0.4, 0.5) is 16.3 Å². The minimum Gasteiger partial charge on any atom is -0.447 e. The molecule has 0 spiro atoms. The Morgan fingerprint density at radius 3 is 2.53 bits per heavy atom. The maximum atomic E-state index is 12.1. The van der Waals surface area contributed by atoms with E-state index < -0.39 is 0 Å². The third kappa shape index (κ3) is 3.15. The van der Waals surface area contributed by atoms with Crippen molar-refractivity contribution in [1.29, 1.82) is 0 Å². The van der Waals surface area contributed by atoms with Gasteiger partial charge in [0.2, 0.25) is 0 Å². The minimum absolute atomic E-state index is 0.255. The molecule has 1 fully saturated rings. The fourth-order valence-electron chi connectivity index (χ4n) is 4.65. The van der Waals surface area contributed by atoms with E-state index in [1.165, 1.54) is 11.1 Å². The van der Waals surface area contributed by atoms with Crippen molar-refractivity contribution in [3.63, 3.8) is 0 Å². The largest absolute Gasteiger partial charge is 0.447 e. The molecule has 158 valence electrons. The standard InChI is InChI=1S/C26H22N4O2/c31-26-30(15-16-32-26)23-12-6-9-19-17-29(14-13-20(19)23)25-21-10-4-5-11-22(21)27-24(28-25)18-7-2-1-3-8-18/h1-12H,13-17H2. The Balaban J connectivity index is 1.41. The van der Waals surface area contributed by atoms with Gasteiger partial charge in [-0.2, -0.15) is 0 Å². The lowest BCUT2D eigenvalue weighted by atomic mass is 9.97. The summed E-state index contributed by atoms with van der Waals surface area (Å²) in [7, 11) is 0. The highest BCUT2D eigenvalue weighted by Crippen LogP contribution is 2.34. The molecule has 2 aliphatic heterocycles. The van der Waals surface area contributed by atoms with Gasteiger partial charge >= 0.3 is 6.09 Å². The van der Waals surface area contributed by atoms with E-state index in [9.17, 15) is 4.79 Å². The maximum absolute atomic E-state index is 12.1. The summed E-state index contributed by atoms with van der Waals surface area (Å²) in [5.74, 6) is 1.68. The minimum atomic E-state index is -0.255. The Morgan fingerprint density at radius 2 is 1.69 bits per heavy atom. The average Bonchev–Trinajstić information content (AvgIpc) is 3.28. The van der Waals surface area contributed by atoms with Crippen LogP contribution in [-0.2, 0) is 17.7 Å². The number of nitrogens with zero attached hydrogens (tertiary/aromatic N) is 4. The fraction of sp³-hybridized carbons (Fsp3) is 0.192. The predicted molar refractivity (Wildman–Crippen MR) is 125 cm³/mol. The molecule has 1 saturated heterocycles. The molecule has 0 atom stereocenters. The van der Waals surface area contributed by atoms with Gasteiger partial charge in [0, 0.05) is 24.0 Å². The molecule has 32 heavy (non-hydrogen) atoms. The molecule has 3 heterocycles. The van der Waals surface area contributed by atoms with Crippen molar-refractivity contribution in [2.45, 2.75) is 13.0 Å². The number of rotatable bonds is 3. The highest BCUT2D eigenvalue weighted by Gasteiger charge is 2.29. The summed E-state index contributed by atoms with van der Waals surface area (Å²) >= 11 is 0. The highest BCUT2D eigenvalue weighted by molar-refractivity contribution is 5.92. The molecule has 0 radical (unpaired) electrons. The Kier molecular flexibility index (Phi) is 4.49. The number of carbonyl (C=O) groups is 1. The van der Waals surface area contributed by atoms with Crippen LogP contribution in [0.2, 0.25) is 0 Å². The first-order chi connectivity index (χ1) is 15.8. The van der Waals surface area contributed by atoms with Crippen molar-refractivity contribution >= 4 is 28.5 Å². The van der Waals surface area contributed by atoms with Crippen molar-refractivity contribution in [3.8, 4) is 11.4 Å². The molecule has 0 bridgehead atoms. The molecule has 6 nitrogen and oxygen atoms in total. The number of carbonyl (C=O) groups excluding carboxylic acids is 1. The van der Waals surface area contributed by atoms with E-state index >= 15 is 0 Å². The first-order valence-corrected chi connectivity index (χ1v) is 10.9. The maximum Gasteiger partial charge on any atom is 0.414 e. The summed E-state index contributed by atoms with van der Waals surface area (Å²) in [6.07, 6.45) is 0.587. The number of hydrogen-bond acceptors (Lipinski definition) is 5. The Labute approximate surface area is 186 Å². The summed E-state index contributed by atoms with van der Waals surface area (Å²) in [5.41, 5.74) is 5.37. The van der Waals surface area contributed by atoms with Crippen LogP contribution in [0, 0.1) is 0 Å². The van der Waals surface area contributed by atoms with Crippen LogP contribution >= 0.6 is 0 Å². The second kappa shape index (κ2) is 7.64. The zero-order valence-electron chi connectivity index (χ0n) is 17.6. The number of anilines is 2. The van der Waals surface area contributed by atoms with Gasteiger partial charge in [0.15, 0.2) is 5.82 Å². The predicted octanol–water partition coefficient (Wildman–Crippen LogP) is 4.82. The zero-order chi connectivity index (χ0) is 21.5. The van der Waals surface area contributed by atoms with E-state index in [-0.39, 0.29) is 6.09 Å². The van der Waals surface area contributed by atoms with Gasteiger partial charge < -0.3 is 9.64 Å². The van der Waals surface area contributed by atoms with E-state index in [2.05, 4.69) is 17.0 Å². The van der Waals surface area contributed by atoms with Crippen LogP contribution in [0.3, 0.4) is 0 Å². The molecule has 2 aliphatic rings. The van der Waals surface area contributed by atoms with E-state index in [1.54, 1.807) is 4.90 Å². The van der Waals surface area contributed by atoms with Gasteiger partial charge in [-0.1, -0.05) is 54.6 Å². The van der Waals surface area contributed by atoms with Crippen molar-refractivity contribution in [2.24, 2.45) is 0 Å². The number of para-hydroxylation sites is 1. The van der Waals surface area contributed by atoms with Crippen LogP contribution in [0.15, 0.2) is 72.8 Å². The molecule has 6 heteroatoms. The van der Waals surface area contributed by atoms with E-state index in [0.29, 0.717) is 13.2 Å². The van der Waals surface area contributed by atoms with Crippen LogP contribution in [0.5, 0.6) is 0 Å². The number of amides is 1. The number of cyclic esters (lactones) is 1. The summed E-state index contributed by atoms with van der Waals surface area (Å²) in [6, 6.07) is 24.5. The SMILES string of the molecule is O=C1OCCN1c1cccc2c1CCN(c1nc(-c3ccccc3)nc3ccccc13)C2. The molecule has 1 aromatic heterocycles. The molecule has 0 aliphatic carbocycles. The lowest BCUT2D eigenvalue weighted by molar-refractivity contribution is 0.181. The number of aromatic nitrogens is 2. The molecule has 4 aromatic rings. The number of benzene rings is 3. The number of ether oxygens (including phenoxy) is 1. The van der Waals surface area contributed by atoms with Gasteiger partial charge in [0.1, 0.15) is 12.4 Å². The molecule has 0 N–H and O–H groups in total. The summed E-state index contributed by atoms with van der Waals surface area (Å²) in [4.78, 5) is 26.1. The Bertz CT molecular complexity index is 1320. The van der Waals surface area contributed by atoms with Crippen LogP contribution < -0.4 is 9.80 Å². The van der Waals surface area contributed by atoms with Crippen LogP contribution in [0.25, 0.3) is 22.3 Å². The number of hydrogen-bond donors (Lipinski definition) is 0. The second-order valence-electron chi connectivity index (χ2n) is 8.11. The second-order valence-corrected chi connectivity index (χ2v) is 8.11. The average molecular weight is 422 g/mol. The van der Waals surface area contributed by atoms with Crippen molar-refractivity contribution < 1.29 is 9.53 Å². The molecule has 6 rings (SSSR count). The molecule has 0 unspecified atom stereocenters. The Hall–Kier alpha value is -3.93. The van der Waals surface area contributed by atoms with E-state index in [1.807, 2.05) is 60.7 Å². The van der Waals surface area contributed by atoms with Gasteiger partial charge in [-0.3, -0.25) is 4.90 Å². The first-order valence-electron chi connectivity index (χ1n) is 10.9. The van der Waals surface area contributed by atoms with Crippen LogP contribution in [-0.4, -0.2) is 35.8 Å². The molecular formula is C26H22N4O2. The summed E-state index contributed by atoms with van der Waals surface area (Å²) in [6.45, 7) is 2.61. The monoisotopic (exact) mass is 422 g/mol. The quantitative estimate of drug-likeness (QED) is 0.474. The van der Waals surface area contributed by atoms with Crippen molar-refractivity contribution in [2.75, 3.05) is 29.5 Å². The topological polar surface area (TPSA) is 58.6 Å². The van der Waals surface area contributed by atoms with Crippen molar-refractivity contribution in [3.05, 3.63) is 83.9 Å². The van der Waals surface area contributed by atoms with Crippen LogP contribution in [0.1, 0.15) is 11.1 Å². The lowest BCUT2D eigenvalue weighted by Gasteiger charge is -2.32. The first kappa shape index (κ1) is 18.8. The zero-order valence-corrected chi connectivity index (χ0v) is 17.6. The van der Waals surface area contributed by atoms with Gasteiger partial charge in [0.25, 0.3) is 0 Å². The van der Waals surface area contributed by atoms with Gasteiger partial charge in [-0.05, 0) is 35.7 Å². The van der Waals surface area contributed by atoms with E-state index in [4.69, 9.17) is 14.7 Å². The molecule has 0 saturated carbocycles. The Morgan fingerprint density at radius 1 is 0.844 bits per heavy atom. The third-order valence-corrected chi connectivity index (χ3v) is 6.21. The molecule has 3 aromatic carbocycles. The molecule has 1 amide bonds. The van der Waals surface area contributed by atoms with Gasteiger partial charge in [-0.15, -0.1) is 0 Å². The normalized spacial score (nSPS) is 15.7. The third-order valence-electron chi connectivity index (χ3n) is 6.21.